The smallest absolute Gasteiger partial charge is 0.161 e. The Kier molecular flexibility index (Phi) is 8.32. The van der Waals surface area contributed by atoms with Gasteiger partial charge in [0, 0.05) is 53.6 Å². The number of aromatic nitrogens is 4. The second-order valence-corrected chi connectivity index (χ2v) is 14.5. The minimum absolute atomic E-state index is 0.694. The van der Waals surface area contributed by atoms with Crippen molar-refractivity contribution >= 4 is 31.5 Å². The molecule has 0 aliphatic carbocycles. The number of hydrogen-bond donors (Lipinski definition) is 0. The van der Waals surface area contributed by atoms with Crippen LogP contribution in [0.1, 0.15) is 0 Å². The Labute approximate surface area is 323 Å². The van der Waals surface area contributed by atoms with Gasteiger partial charge in [0.25, 0.3) is 0 Å². The Balaban J connectivity index is 1.10. The van der Waals surface area contributed by atoms with Crippen LogP contribution in [0.25, 0.3) is 99.1 Å². The summed E-state index contributed by atoms with van der Waals surface area (Å²) in [6, 6.07) is 67.3. The van der Waals surface area contributed by atoms with Crippen molar-refractivity contribution in [3.8, 4) is 78.9 Å². The molecule has 3 heterocycles. The molecule has 258 valence electrons. The van der Waals surface area contributed by atoms with E-state index in [-0.39, 0.29) is 0 Å². The van der Waals surface area contributed by atoms with Crippen molar-refractivity contribution in [2.75, 3.05) is 0 Å². The number of fused-ring (bicyclic) bond motifs is 3. The predicted octanol–water partition coefficient (Wildman–Crippen LogP) is 13.3. The highest BCUT2D eigenvalue weighted by atomic mass is 32.1. The van der Waals surface area contributed by atoms with Gasteiger partial charge in [-0.1, -0.05) is 158 Å². The average molecular weight is 721 g/mol. The molecule has 0 atom stereocenters. The zero-order valence-electron chi connectivity index (χ0n) is 29.7. The minimum Gasteiger partial charge on any atom is -0.228 e. The first-order valence-electron chi connectivity index (χ1n) is 18.3. The van der Waals surface area contributed by atoms with E-state index in [1.165, 1.54) is 15.8 Å². The van der Waals surface area contributed by atoms with Crippen LogP contribution in [0.15, 0.2) is 194 Å². The van der Waals surface area contributed by atoms with Crippen LogP contribution < -0.4 is 0 Å². The van der Waals surface area contributed by atoms with Gasteiger partial charge in [0.15, 0.2) is 11.6 Å². The maximum absolute atomic E-state index is 5.24. The van der Waals surface area contributed by atoms with Crippen molar-refractivity contribution in [2.45, 2.75) is 0 Å². The van der Waals surface area contributed by atoms with Crippen LogP contribution in [0.4, 0.5) is 0 Å². The molecule has 5 heteroatoms. The van der Waals surface area contributed by atoms with Crippen LogP contribution in [-0.4, -0.2) is 19.9 Å². The molecule has 7 aromatic carbocycles. The largest absolute Gasteiger partial charge is 0.228 e. The van der Waals surface area contributed by atoms with Crippen molar-refractivity contribution < 1.29 is 0 Å². The van der Waals surface area contributed by atoms with Crippen molar-refractivity contribution in [1.82, 2.24) is 19.9 Å². The highest BCUT2D eigenvalue weighted by Gasteiger charge is 2.17. The molecule has 3 aromatic heterocycles. The van der Waals surface area contributed by atoms with Crippen molar-refractivity contribution in [3.63, 3.8) is 0 Å². The zero-order valence-corrected chi connectivity index (χ0v) is 30.5. The standard InChI is InChI=1S/C50H32N4S/c1-5-14-33(15-6-1)34-24-26-38(27-25-34)46-32-45(37-20-11-4-12-21-37)53-50(54-46)41-23-13-22-40-42-30-39(28-29-47(42)55-48(40)41)49-51-43(35-16-7-2-8-17-35)31-44(52-49)36-18-9-3-10-19-36/h1-32H. The molecular formula is C50H32N4S. The van der Waals surface area contributed by atoms with Gasteiger partial charge in [-0.2, -0.15) is 0 Å². The molecule has 10 aromatic rings. The molecule has 0 radical (unpaired) electrons. The van der Waals surface area contributed by atoms with Gasteiger partial charge in [-0.05, 0) is 47.5 Å². The van der Waals surface area contributed by atoms with Gasteiger partial charge in [-0.3, -0.25) is 0 Å². The summed E-state index contributed by atoms with van der Waals surface area (Å²) < 4.78 is 2.33. The third-order valence-corrected chi connectivity index (χ3v) is 11.2. The number of nitrogens with zero attached hydrogens (tertiary/aromatic N) is 4. The summed E-state index contributed by atoms with van der Waals surface area (Å²) in [5.74, 6) is 1.40. The molecular weight excluding hydrogens is 689 g/mol. The maximum Gasteiger partial charge on any atom is 0.161 e. The monoisotopic (exact) mass is 720 g/mol. The molecule has 0 fully saturated rings. The number of rotatable bonds is 7. The van der Waals surface area contributed by atoms with E-state index >= 15 is 0 Å². The second-order valence-electron chi connectivity index (χ2n) is 13.5. The third kappa shape index (κ3) is 6.37. The second kappa shape index (κ2) is 14.0. The van der Waals surface area contributed by atoms with Gasteiger partial charge < -0.3 is 0 Å². The first-order valence-corrected chi connectivity index (χ1v) is 19.1. The Morgan fingerprint density at radius 3 is 1.24 bits per heavy atom. The quantitative estimate of drug-likeness (QED) is 0.164. The minimum atomic E-state index is 0.694. The van der Waals surface area contributed by atoms with Crippen molar-refractivity contribution in [3.05, 3.63) is 194 Å². The SMILES string of the molecule is c1ccc(-c2ccc(-c3cc(-c4ccccc4)nc(-c4cccc5c4sc4ccc(-c6nc(-c7ccccc7)cc(-c7ccccc7)n6)cc45)n3)cc2)cc1. The van der Waals surface area contributed by atoms with Crippen molar-refractivity contribution in [2.24, 2.45) is 0 Å². The van der Waals surface area contributed by atoms with E-state index < -0.39 is 0 Å². The Bertz CT molecular complexity index is 2890. The lowest BCUT2D eigenvalue weighted by Gasteiger charge is -2.11. The lowest BCUT2D eigenvalue weighted by atomic mass is 10.0. The molecule has 4 nitrogen and oxygen atoms in total. The van der Waals surface area contributed by atoms with Crippen LogP contribution >= 0.6 is 11.3 Å². The predicted molar refractivity (Wildman–Crippen MR) is 229 cm³/mol. The Morgan fingerprint density at radius 2 is 0.709 bits per heavy atom. The van der Waals surface area contributed by atoms with E-state index in [9.17, 15) is 0 Å². The van der Waals surface area contributed by atoms with E-state index in [1.807, 2.05) is 48.5 Å². The summed E-state index contributed by atoms with van der Waals surface area (Å²) >= 11 is 1.77. The molecule has 0 N–H and O–H groups in total. The maximum atomic E-state index is 5.24. The lowest BCUT2D eigenvalue weighted by molar-refractivity contribution is 1.18. The first-order chi connectivity index (χ1) is 27.2. The van der Waals surface area contributed by atoms with Gasteiger partial charge in [0.1, 0.15) is 0 Å². The van der Waals surface area contributed by atoms with Crippen LogP contribution in [0.5, 0.6) is 0 Å². The fourth-order valence-electron chi connectivity index (χ4n) is 7.14. The van der Waals surface area contributed by atoms with Gasteiger partial charge in [-0.25, -0.2) is 19.9 Å². The number of thiophene rings is 1. The van der Waals surface area contributed by atoms with E-state index in [0.717, 1.165) is 71.6 Å². The van der Waals surface area contributed by atoms with Crippen LogP contribution in [-0.2, 0) is 0 Å². The van der Waals surface area contributed by atoms with Gasteiger partial charge >= 0.3 is 0 Å². The summed E-state index contributed by atoms with van der Waals surface area (Å²) in [5, 5.41) is 2.31. The first kappa shape index (κ1) is 32.6. The van der Waals surface area contributed by atoms with Gasteiger partial charge in [-0.15, -0.1) is 11.3 Å². The summed E-state index contributed by atoms with van der Waals surface area (Å²) in [6.45, 7) is 0. The highest BCUT2D eigenvalue weighted by molar-refractivity contribution is 7.26. The molecule has 0 aliphatic rings. The molecule has 0 spiro atoms. The average Bonchev–Trinajstić information content (AvgIpc) is 3.66. The van der Waals surface area contributed by atoms with E-state index in [4.69, 9.17) is 19.9 Å². The molecule has 0 aliphatic heterocycles. The molecule has 0 amide bonds. The molecule has 10 rings (SSSR count). The number of hydrogen-bond acceptors (Lipinski definition) is 5. The zero-order chi connectivity index (χ0) is 36.6. The summed E-state index contributed by atoms with van der Waals surface area (Å²) in [5.41, 5.74) is 12.1. The third-order valence-electron chi connectivity index (χ3n) is 9.94. The fourth-order valence-corrected chi connectivity index (χ4v) is 8.33. The Hall–Kier alpha value is -7.08. The lowest BCUT2D eigenvalue weighted by Crippen LogP contribution is -1.96. The molecule has 0 saturated carbocycles. The van der Waals surface area contributed by atoms with Crippen LogP contribution in [0, 0.1) is 0 Å². The Morgan fingerprint density at radius 1 is 0.291 bits per heavy atom. The normalized spacial score (nSPS) is 11.3. The van der Waals surface area contributed by atoms with Gasteiger partial charge in [0.05, 0.1) is 22.8 Å². The van der Waals surface area contributed by atoms with Crippen molar-refractivity contribution in [1.29, 1.82) is 0 Å². The summed E-state index contributed by atoms with van der Waals surface area (Å²) in [7, 11) is 0. The summed E-state index contributed by atoms with van der Waals surface area (Å²) in [6.07, 6.45) is 0. The van der Waals surface area contributed by atoms with Crippen LogP contribution in [0.2, 0.25) is 0 Å². The molecule has 55 heavy (non-hydrogen) atoms. The highest BCUT2D eigenvalue weighted by Crippen LogP contribution is 2.41. The molecule has 0 saturated heterocycles. The summed E-state index contributed by atoms with van der Waals surface area (Å²) in [4.78, 5) is 20.7. The fraction of sp³-hybridized carbons (Fsp3) is 0. The van der Waals surface area contributed by atoms with E-state index in [0.29, 0.717) is 11.6 Å². The number of benzene rings is 7. The molecule has 0 unspecified atom stereocenters. The molecule has 0 bridgehead atoms. The van der Waals surface area contributed by atoms with E-state index in [2.05, 4.69) is 146 Å². The topological polar surface area (TPSA) is 51.6 Å². The van der Waals surface area contributed by atoms with Crippen LogP contribution in [0.3, 0.4) is 0 Å². The van der Waals surface area contributed by atoms with E-state index in [1.54, 1.807) is 11.3 Å². The van der Waals surface area contributed by atoms with Gasteiger partial charge in [0.2, 0.25) is 0 Å².